The molecule has 0 fully saturated rings. The van der Waals surface area contributed by atoms with Crippen LogP contribution in [0, 0.1) is 19.7 Å². The normalized spacial score (nSPS) is 11.0. The van der Waals surface area contributed by atoms with E-state index in [2.05, 4.69) is 21.2 Å². The monoisotopic (exact) mass is 375 g/mol. The van der Waals surface area contributed by atoms with Gasteiger partial charge in [0.2, 0.25) is 0 Å². The van der Waals surface area contributed by atoms with Gasteiger partial charge in [0, 0.05) is 22.5 Å². The molecule has 5 heteroatoms. The number of benzene rings is 2. The quantitative estimate of drug-likeness (QED) is 0.660. The SMILES string of the molecule is Cc1ccc2c(CNc3ccc(Br)cc3F)cc(=O)oc2c1C. The van der Waals surface area contributed by atoms with E-state index in [4.69, 9.17) is 4.42 Å². The minimum Gasteiger partial charge on any atom is -0.422 e. The Morgan fingerprint density at radius 2 is 1.96 bits per heavy atom. The molecule has 1 aromatic heterocycles. The first kappa shape index (κ1) is 15.7. The van der Waals surface area contributed by atoms with E-state index in [1.807, 2.05) is 26.0 Å². The molecule has 0 aliphatic heterocycles. The van der Waals surface area contributed by atoms with Crippen LogP contribution >= 0.6 is 15.9 Å². The number of nitrogens with one attached hydrogen (secondary N) is 1. The van der Waals surface area contributed by atoms with E-state index in [0.29, 0.717) is 22.3 Å². The Bertz CT molecular complexity index is 950. The standard InChI is InChI=1S/C18H15BrFNO2/c1-10-3-5-14-12(7-17(22)23-18(14)11(10)2)9-21-16-6-4-13(19)8-15(16)20/h3-8,21H,9H2,1-2H3. The molecular weight excluding hydrogens is 361 g/mol. The van der Waals surface area contributed by atoms with E-state index in [-0.39, 0.29) is 5.82 Å². The van der Waals surface area contributed by atoms with Crippen LogP contribution in [0.4, 0.5) is 10.1 Å². The number of halogens is 2. The summed E-state index contributed by atoms with van der Waals surface area (Å²) in [7, 11) is 0. The summed E-state index contributed by atoms with van der Waals surface area (Å²) in [6.45, 7) is 4.23. The zero-order chi connectivity index (χ0) is 16.6. The third-order valence-corrected chi connectivity index (χ3v) is 4.41. The highest BCUT2D eigenvalue weighted by Crippen LogP contribution is 2.25. The molecule has 0 unspecified atom stereocenters. The van der Waals surface area contributed by atoms with Crippen LogP contribution in [-0.2, 0) is 6.54 Å². The van der Waals surface area contributed by atoms with Crippen molar-refractivity contribution in [1.29, 1.82) is 0 Å². The summed E-state index contributed by atoms with van der Waals surface area (Å²) in [4.78, 5) is 11.8. The summed E-state index contributed by atoms with van der Waals surface area (Å²) >= 11 is 3.23. The molecule has 0 aliphatic rings. The van der Waals surface area contributed by atoms with Crippen LogP contribution < -0.4 is 10.9 Å². The Morgan fingerprint density at radius 1 is 1.17 bits per heavy atom. The minimum atomic E-state index is -0.403. The number of hydrogen-bond acceptors (Lipinski definition) is 3. The summed E-state index contributed by atoms with van der Waals surface area (Å²) < 4.78 is 19.9. The summed E-state index contributed by atoms with van der Waals surface area (Å²) in [6, 6.07) is 10.2. The van der Waals surface area contributed by atoms with Gasteiger partial charge in [0.05, 0.1) is 5.69 Å². The van der Waals surface area contributed by atoms with Crippen molar-refractivity contribution in [2.45, 2.75) is 20.4 Å². The molecule has 2 aromatic carbocycles. The van der Waals surface area contributed by atoms with Crippen LogP contribution in [-0.4, -0.2) is 0 Å². The van der Waals surface area contributed by atoms with Crippen LogP contribution in [0.2, 0.25) is 0 Å². The fourth-order valence-electron chi connectivity index (χ4n) is 2.49. The van der Waals surface area contributed by atoms with Crippen molar-refractivity contribution in [1.82, 2.24) is 0 Å². The lowest BCUT2D eigenvalue weighted by molar-refractivity contribution is 0.556. The van der Waals surface area contributed by atoms with Crippen molar-refractivity contribution in [3.05, 3.63) is 73.8 Å². The predicted molar refractivity (Wildman–Crippen MR) is 93.4 cm³/mol. The van der Waals surface area contributed by atoms with Gasteiger partial charge in [-0.2, -0.15) is 0 Å². The first-order chi connectivity index (χ1) is 11.0. The van der Waals surface area contributed by atoms with E-state index in [9.17, 15) is 9.18 Å². The van der Waals surface area contributed by atoms with Crippen molar-refractivity contribution >= 4 is 32.6 Å². The molecule has 118 valence electrons. The molecule has 0 atom stereocenters. The highest BCUT2D eigenvalue weighted by Gasteiger charge is 2.10. The van der Waals surface area contributed by atoms with Gasteiger partial charge < -0.3 is 9.73 Å². The van der Waals surface area contributed by atoms with Gasteiger partial charge in [-0.05, 0) is 48.7 Å². The van der Waals surface area contributed by atoms with Crippen LogP contribution in [0.1, 0.15) is 16.7 Å². The molecule has 0 saturated carbocycles. The van der Waals surface area contributed by atoms with E-state index in [0.717, 1.165) is 22.1 Å². The van der Waals surface area contributed by atoms with Crippen LogP contribution in [0.3, 0.4) is 0 Å². The number of fused-ring (bicyclic) bond motifs is 1. The third-order valence-electron chi connectivity index (χ3n) is 3.92. The molecule has 1 heterocycles. The fraction of sp³-hybridized carbons (Fsp3) is 0.167. The van der Waals surface area contributed by atoms with Crippen molar-refractivity contribution in [3.63, 3.8) is 0 Å². The number of hydrogen-bond donors (Lipinski definition) is 1. The van der Waals surface area contributed by atoms with Crippen molar-refractivity contribution in [2.24, 2.45) is 0 Å². The average Bonchev–Trinajstić information content (AvgIpc) is 2.50. The molecule has 1 N–H and O–H groups in total. The maximum absolute atomic E-state index is 13.9. The topological polar surface area (TPSA) is 42.2 Å². The van der Waals surface area contributed by atoms with Gasteiger partial charge in [-0.25, -0.2) is 9.18 Å². The Kier molecular flexibility index (Phi) is 4.22. The summed E-state index contributed by atoms with van der Waals surface area (Å²) in [5.74, 6) is -0.348. The Hall–Kier alpha value is -2.14. The smallest absolute Gasteiger partial charge is 0.336 e. The van der Waals surface area contributed by atoms with Gasteiger partial charge in [-0.1, -0.05) is 28.1 Å². The predicted octanol–water partition coefficient (Wildman–Crippen LogP) is 4.92. The number of aryl methyl sites for hydroxylation is 2. The van der Waals surface area contributed by atoms with Gasteiger partial charge in [0.1, 0.15) is 11.4 Å². The molecule has 3 nitrogen and oxygen atoms in total. The molecule has 0 saturated heterocycles. The molecule has 0 aliphatic carbocycles. The summed E-state index contributed by atoms with van der Waals surface area (Å²) in [5, 5.41) is 3.89. The zero-order valence-corrected chi connectivity index (χ0v) is 14.3. The van der Waals surface area contributed by atoms with Gasteiger partial charge in [-0.15, -0.1) is 0 Å². The molecule has 0 radical (unpaired) electrons. The van der Waals surface area contributed by atoms with Crippen molar-refractivity contribution < 1.29 is 8.81 Å². The first-order valence-corrected chi connectivity index (χ1v) is 7.97. The Labute approximate surface area is 141 Å². The average molecular weight is 376 g/mol. The largest absolute Gasteiger partial charge is 0.422 e. The second-order valence-corrected chi connectivity index (χ2v) is 6.37. The lowest BCUT2D eigenvalue weighted by atomic mass is 10.0. The highest BCUT2D eigenvalue weighted by atomic mass is 79.9. The first-order valence-electron chi connectivity index (χ1n) is 7.17. The minimum absolute atomic E-state index is 0.336. The van der Waals surface area contributed by atoms with Gasteiger partial charge in [-0.3, -0.25) is 0 Å². The number of anilines is 1. The summed E-state index contributed by atoms with van der Waals surface area (Å²) in [5.41, 5.74) is 3.35. The van der Waals surface area contributed by atoms with Crippen LogP contribution in [0.5, 0.6) is 0 Å². The molecule has 0 spiro atoms. The molecule has 0 bridgehead atoms. The molecule has 0 amide bonds. The Morgan fingerprint density at radius 3 is 2.70 bits per heavy atom. The van der Waals surface area contributed by atoms with Crippen LogP contribution in [0.25, 0.3) is 11.0 Å². The zero-order valence-electron chi connectivity index (χ0n) is 12.7. The van der Waals surface area contributed by atoms with Crippen LogP contribution in [0.15, 0.2) is 50.1 Å². The van der Waals surface area contributed by atoms with Gasteiger partial charge in [0.25, 0.3) is 0 Å². The second kappa shape index (κ2) is 6.16. The maximum Gasteiger partial charge on any atom is 0.336 e. The van der Waals surface area contributed by atoms with E-state index >= 15 is 0 Å². The lowest BCUT2D eigenvalue weighted by Gasteiger charge is -2.11. The van der Waals surface area contributed by atoms with E-state index in [1.54, 1.807) is 12.1 Å². The molecule has 3 aromatic rings. The van der Waals surface area contributed by atoms with Crippen molar-refractivity contribution in [2.75, 3.05) is 5.32 Å². The molecule has 23 heavy (non-hydrogen) atoms. The fourth-order valence-corrected chi connectivity index (χ4v) is 2.83. The lowest BCUT2D eigenvalue weighted by Crippen LogP contribution is -2.07. The van der Waals surface area contributed by atoms with Gasteiger partial charge >= 0.3 is 5.63 Å². The van der Waals surface area contributed by atoms with E-state index < -0.39 is 5.63 Å². The highest BCUT2D eigenvalue weighted by molar-refractivity contribution is 9.10. The van der Waals surface area contributed by atoms with Gasteiger partial charge in [0.15, 0.2) is 0 Å². The molecular formula is C18H15BrFNO2. The molecule has 3 rings (SSSR count). The second-order valence-electron chi connectivity index (χ2n) is 5.45. The van der Waals surface area contributed by atoms with Crippen molar-refractivity contribution in [3.8, 4) is 0 Å². The Balaban J connectivity index is 2.00. The number of rotatable bonds is 3. The van der Waals surface area contributed by atoms with E-state index in [1.165, 1.54) is 12.1 Å². The summed E-state index contributed by atoms with van der Waals surface area (Å²) in [6.07, 6.45) is 0. The maximum atomic E-state index is 13.9. The third kappa shape index (κ3) is 3.15.